The first-order valence-electron chi connectivity index (χ1n) is 7.48. The van der Waals surface area contributed by atoms with Crippen molar-refractivity contribution in [3.05, 3.63) is 28.8 Å². The van der Waals surface area contributed by atoms with Gasteiger partial charge in [0, 0.05) is 24.7 Å². The fourth-order valence-corrected chi connectivity index (χ4v) is 2.82. The first kappa shape index (κ1) is 16.1. The molecular formula is C16H23ClN2O2. The fraction of sp³-hybridized carbons (Fsp3) is 0.562. The van der Waals surface area contributed by atoms with Crippen molar-refractivity contribution in [1.82, 2.24) is 10.2 Å². The molecule has 1 aromatic carbocycles. The maximum atomic E-state index is 12.5. The van der Waals surface area contributed by atoms with E-state index in [0.717, 1.165) is 32.5 Å². The van der Waals surface area contributed by atoms with Crippen molar-refractivity contribution in [3.63, 3.8) is 0 Å². The van der Waals surface area contributed by atoms with Crippen molar-refractivity contribution in [2.45, 2.75) is 32.7 Å². The second kappa shape index (κ2) is 7.14. The molecule has 116 valence electrons. The lowest BCUT2D eigenvalue weighted by Crippen LogP contribution is -2.43. The summed E-state index contributed by atoms with van der Waals surface area (Å²) < 4.78 is 0. The van der Waals surface area contributed by atoms with Crippen LogP contribution in [0.3, 0.4) is 0 Å². The third-order valence-electron chi connectivity index (χ3n) is 3.82. The van der Waals surface area contributed by atoms with Crippen LogP contribution in [0.15, 0.2) is 18.2 Å². The van der Waals surface area contributed by atoms with E-state index in [2.05, 4.69) is 19.2 Å². The van der Waals surface area contributed by atoms with E-state index in [4.69, 9.17) is 11.6 Å². The van der Waals surface area contributed by atoms with E-state index in [1.54, 1.807) is 6.07 Å². The normalized spacial score (nSPS) is 19.0. The minimum Gasteiger partial charge on any atom is -0.506 e. The quantitative estimate of drug-likeness (QED) is 0.899. The van der Waals surface area contributed by atoms with Crippen molar-refractivity contribution < 1.29 is 9.90 Å². The maximum absolute atomic E-state index is 12.5. The third kappa shape index (κ3) is 4.35. The molecule has 0 aromatic heterocycles. The predicted octanol–water partition coefficient (Wildman–Crippen LogP) is 2.90. The number of rotatable bonds is 4. The summed E-state index contributed by atoms with van der Waals surface area (Å²) >= 11 is 5.88. The first-order chi connectivity index (χ1) is 9.97. The summed E-state index contributed by atoms with van der Waals surface area (Å²) in [5, 5.41) is 13.1. The van der Waals surface area contributed by atoms with Crippen LogP contribution in [0, 0.1) is 5.92 Å². The summed E-state index contributed by atoms with van der Waals surface area (Å²) in [5.41, 5.74) is 0.537. The van der Waals surface area contributed by atoms with Crippen LogP contribution in [0.5, 0.6) is 5.75 Å². The summed E-state index contributed by atoms with van der Waals surface area (Å²) in [6.45, 7) is 6.76. The predicted molar refractivity (Wildman–Crippen MR) is 84.9 cm³/mol. The van der Waals surface area contributed by atoms with E-state index >= 15 is 0 Å². The van der Waals surface area contributed by atoms with Crippen molar-refractivity contribution in [3.8, 4) is 5.75 Å². The van der Waals surface area contributed by atoms with Crippen molar-refractivity contribution in [1.29, 1.82) is 0 Å². The highest BCUT2D eigenvalue weighted by Gasteiger charge is 2.24. The molecule has 1 heterocycles. The number of nitrogens with zero attached hydrogens (tertiary/aromatic N) is 1. The minimum absolute atomic E-state index is 0.00544. The van der Waals surface area contributed by atoms with E-state index in [1.165, 1.54) is 12.1 Å². The summed E-state index contributed by atoms with van der Waals surface area (Å²) in [7, 11) is 0. The van der Waals surface area contributed by atoms with Crippen LogP contribution in [0.2, 0.25) is 5.02 Å². The van der Waals surface area contributed by atoms with Crippen molar-refractivity contribution in [2.75, 3.05) is 19.6 Å². The SMILES string of the molecule is CC(C)NCC1CCCN(C(=O)c2ccc(O)c(Cl)c2)C1. The van der Waals surface area contributed by atoms with Gasteiger partial charge in [-0.3, -0.25) is 4.79 Å². The molecule has 2 N–H and O–H groups in total. The molecule has 0 radical (unpaired) electrons. The van der Waals surface area contributed by atoms with E-state index < -0.39 is 0 Å². The highest BCUT2D eigenvalue weighted by Crippen LogP contribution is 2.25. The topological polar surface area (TPSA) is 52.6 Å². The van der Waals surface area contributed by atoms with E-state index in [1.807, 2.05) is 4.90 Å². The summed E-state index contributed by atoms with van der Waals surface area (Å²) in [4.78, 5) is 14.4. The van der Waals surface area contributed by atoms with Gasteiger partial charge >= 0.3 is 0 Å². The van der Waals surface area contributed by atoms with Crippen LogP contribution in [0.1, 0.15) is 37.0 Å². The molecule has 1 aromatic rings. The van der Waals surface area contributed by atoms with E-state index in [0.29, 0.717) is 17.5 Å². The van der Waals surface area contributed by atoms with Gasteiger partial charge in [-0.05, 0) is 43.5 Å². The van der Waals surface area contributed by atoms with Crippen LogP contribution < -0.4 is 5.32 Å². The number of nitrogens with one attached hydrogen (secondary N) is 1. The number of halogens is 1. The molecule has 1 amide bonds. The minimum atomic E-state index is -0.00820. The van der Waals surface area contributed by atoms with Gasteiger partial charge in [0.25, 0.3) is 5.91 Å². The molecule has 0 bridgehead atoms. The average Bonchev–Trinajstić information content (AvgIpc) is 2.47. The first-order valence-corrected chi connectivity index (χ1v) is 7.86. The highest BCUT2D eigenvalue weighted by atomic mass is 35.5. The molecule has 21 heavy (non-hydrogen) atoms. The summed E-state index contributed by atoms with van der Waals surface area (Å²) in [5.74, 6) is 0.495. The van der Waals surface area contributed by atoms with Crippen LogP contribution in [0.25, 0.3) is 0 Å². The zero-order valence-corrected chi connectivity index (χ0v) is 13.4. The Labute approximate surface area is 131 Å². The Hall–Kier alpha value is -1.26. The lowest BCUT2D eigenvalue weighted by molar-refractivity contribution is 0.0672. The van der Waals surface area contributed by atoms with Gasteiger partial charge in [-0.25, -0.2) is 0 Å². The number of aromatic hydroxyl groups is 1. The van der Waals surface area contributed by atoms with Crippen molar-refractivity contribution >= 4 is 17.5 Å². The lowest BCUT2D eigenvalue weighted by Gasteiger charge is -2.33. The van der Waals surface area contributed by atoms with Gasteiger partial charge < -0.3 is 15.3 Å². The van der Waals surface area contributed by atoms with Crippen molar-refractivity contribution in [2.24, 2.45) is 5.92 Å². The second-order valence-corrected chi connectivity index (χ2v) is 6.40. The Morgan fingerprint density at radius 3 is 2.95 bits per heavy atom. The highest BCUT2D eigenvalue weighted by molar-refractivity contribution is 6.32. The third-order valence-corrected chi connectivity index (χ3v) is 4.12. The Morgan fingerprint density at radius 1 is 1.52 bits per heavy atom. The molecule has 0 spiro atoms. The number of piperidine rings is 1. The molecule has 5 heteroatoms. The molecule has 0 saturated carbocycles. The van der Waals surface area contributed by atoms with E-state index in [9.17, 15) is 9.90 Å². The van der Waals surface area contributed by atoms with Gasteiger partial charge in [-0.15, -0.1) is 0 Å². The standard InChI is InChI=1S/C16H23ClN2O2/c1-11(2)18-9-12-4-3-7-19(10-12)16(21)13-5-6-15(20)14(17)8-13/h5-6,8,11-12,18,20H,3-4,7,9-10H2,1-2H3. The van der Waals surface area contributed by atoms with Gasteiger partial charge in [0.05, 0.1) is 5.02 Å². The number of likely N-dealkylation sites (tertiary alicyclic amines) is 1. The van der Waals surface area contributed by atoms with Crippen LogP contribution >= 0.6 is 11.6 Å². The van der Waals surface area contributed by atoms with Gasteiger partial charge in [-0.2, -0.15) is 0 Å². The number of hydrogen-bond donors (Lipinski definition) is 2. The van der Waals surface area contributed by atoms with Crippen LogP contribution in [-0.4, -0.2) is 41.6 Å². The Bertz CT molecular complexity index is 505. The molecule has 0 aliphatic carbocycles. The average molecular weight is 311 g/mol. The molecule has 1 fully saturated rings. The molecule has 1 atom stereocenters. The zero-order valence-electron chi connectivity index (χ0n) is 12.6. The fourth-order valence-electron chi connectivity index (χ4n) is 2.64. The summed E-state index contributed by atoms with van der Waals surface area (Å²) in [6, 6.07) is 5.10. The number of hydrogen-bond acceptors (Lipinski definition) is 3. The van der Waals surface area contributed by atoms with Gasteiger partial charge in [-0.1, -0.05) is 25.4 Å². The number of phenolic OH excluding ortho intramolecular Hbond substituents is 1. The molecular weight excluding hydrogens is 288 g/mol. The molecule has 1 aliphatic rings. The van der Waals surface area contributed by atoms with E-state index in [-0.39, 0.29) is 16.7 Å². The molecule has 4 nitrogen and oxygen atoms in total. The Balaban J connectivity index is 1.99. The zero-order chi connectivity index (χ0) is 15.4. The van der Waals surface area contributed by atoms with Gasteiger partial charge in [0.2, 0.25) is 0 Å². The number of carbonyl (C=O) groups is 1. The molecule has 1 saturated heterocycles. The Kier molecular flexibility index (Phi) is 5.48. The summed E-state index contributed by atoms with van der Waals surface area (Å²) in [6.07, 6.45) is 2.18. The van der Waals surface area contributed by atoms with Gasteiger partial charge in [0.15, 0.2) is 0 Å². The number of benzene rings is 1. The van der Waals surface area contributed by atoms with Gasteiger partial charge in [0.1, 0.15) is 5.75 Å². The number of amides is 1. The molecule has 1 aliphatic heterocycles. The smallest absolute Gasteiger partial charge is 0.253 e. The van der Waals surface area contributed by atoms with Crippen LogP contribution in [-0.2, 0) is 0 Å². The maximum Gasteiger partial charge on any atom is 0.253 e. The monoisotopic (exact) mass is 310 g/mol. The second-order valence-electron chi connectivity index (χ2n) is 5.99. The van der Waals surface area contributed by atoms with Crippen LogP contribution in [0.4, 0.5) is 0 Å². The number of carbonyl (C=O) groups excluding carboxylic acids is 1. The lowest BCUT2D eigenvalue weighted by atomic mass is 9.97. The Morgan fingerprint density at radius 2 is 2.29 bits per heavy atom. The molecule has 1 unspecified atom stereocenters. The molecule has 2 rings (SSSR count). The number of phenols is 1. The largest absolute Gasteiger partial charge is 0.506 e.